The summed E-state index contributed by atoms with van der Waals surface area (Å²) in [6, 6.07) is 8.14. The molecule has 1 saturated heterocycles. The van der Waals surface area contributed by atoms with Crippen LogP contribution in [0.25, 0.3) is 0 Å². The van der Waals surface area contributed by atoms with Gasteiger partial charge in [0.15, 0.2) is 0 Å². The smallest absolute Gasteiger partial charge is 0.230 e. The quantitative estimate of drug-likeness (QED) is 0.915. The Morgan fingerprint density at radius 2 is 2.25 bits per heavy atom. The molecule has 1 heterocycles. The molecule has 1 amide bonds. The maximum Gasteiger partial charge on any atom is 0.230 e. The third-order valence-electron chi connectivity index (χ3n) is 4.37. The Hall–Kier alpha value is -0.870. The minimum Gasteiger partial charge on any atom is -0.341 e. The molecule has 0 aliphatic carbocycles. The molecule has 0 aromatic heterocycles. The van der Waals surface area contributed by atoms with E-state index in [9.17, 15) is 4.79 Å². The summed E-state index contributed by atoms with van der Waals surface area (Å²) in [4.78, 5) is 14.7. The number of halogens is 1. The number of rotatable bonds is 4. The number of amides is 1. The summed E-state index contributed by atoms with van der Waals surface area (Å²) >= 11 is 3.48. The lowest BCUT2D eigenvalue weighted by Crippen LogP contribution is -2.46. The lowest BCUT2D eigenvalue weighted by molar-refractivity contribution is -0.142. The Morgan fingerprint density at radius 3 is 2.80 bits per heavy atom. The molecule has 1 fully saturated rings. The maximum atomic E-state index is 12.9. The van der Waals surface area contributed by atoms with Gasteiger partial charge < -0.3 is 10.2 Å². The molecule has 2 rings (SSSR count). The largest absolute Gasteiger partial charge is 0.341 e. The molecule has 20 heavy (non-hydrogen) atoms. The fourth-order valence-electron chi connectivity index (χ4n) is 2.99. The van der Waals surface area contributed by atoms with Gasteiger partial charge >= 0.3 is 0 Å². The van der Waals surface area contributed by atoms with Crippen LogP contribution in [0.1, 0.15) is 25.8 Å². The molecule has 1 N–H and O–H groups in total. The van der Waals surface area contributed by atoms with Gasteiger partial charge in [-0.1, -0.05) is 41.9 Å². The number of hydrogen-bond acceptors (Lipinski definition) is 2. The van der Waals surface area contributed by atoms with Gasteiger partial charge in [0.1, 0.15) is 0 Å². The zero-order valence-corrected chi connectivity index (χ0v) is 14.0. The first-order chi connectivity index (χ1) is 9.45. The van der Waals surface area contributed by atoms with Crippen molar-refractivity contribution in [3.05, 3.63) is 34.3 Å². The highest BCUT2D eigenvalue weighted by atomic mass is 79.9. The van der Waals surface area contributed by atoms with Crippen LogP contribution in [0.5, 0.6) is 0 Å². The van der Waals surface area contributed by atoms with Crippen LogP contribution in [0.2, 0.25) is 0 Å². The van der Waals surface area contributed by atoms with E-state index in [1.54, 1.807) is 0 Å². The Labute approximate surface area is 129 Å². The normalized spacial score (nSPS) is 22.2. The zero-order valence-electron chi connectivity index (χ0n) is 12.4. The van der Waals surface area contributed by atoms with Crippen LogP contribution in [-0.2, 0) is 11.3 Å². The van der Waals surface area contributed by atoms with Gasteiger partial charge in [-0.3, -0.25) is 4.79 Å². The van der Waals surface area contributed by atoms with Gasteiger partial charge in [0.05, 0.1) is 5.41 Å². The van der Waals surface area contributed by atoms with Crippen LogP contribution >= 0.6 is 15.9 Å². The monoisotopic (exact) mass is 338 g/mol. The Kier molecular flexibility index (Phi) is 4.86. The standard InChI is InChI=1S/C16H23BrN2O/c1-12(2)16(7-8-18-11-16)15(20)19(3)10-13-5-4-6-14(17)9-13/h4-6,9,12,18H,7-8,10-11H2,1-3H3. The fraction of sp³-hybridized carbons (Fsp3) is 0.562. The predicted molar refractivity (Wildman–Crippen MR) is 85.4 cm³/mol. The number of nitrogens with zero attached hydrogens (tertiary/aromatic N) is 1. The number of hydrogen-bond donors (Lipinski definition) is 1. The van der Waals surface area contributed by atoms with Crippen LogP contribution in [0.3, 0.4) is 0 Å². The summed E-state index contributed by atoms with van der Waals surface area (Å²) in [5.74, 6) is 0.618. The molecule has 4 heteroatoms. The van der Waals surface area contributed by atoms with Crippen molar-refractivity contribution >= 4 is 21.8 Å². The van der Waals surface area contributed by atoms with Crippen molar-refractivity contribution < 1.29 is 4.79 Å². The predicted octanol–water partition coefficient (Wildman–Crippen LogP) is 3.04. The third kappa shape index (κ3) is 3.07. The van der Waals surface area contributed by atoms with E-state index in [0.717, 1.165) is 29.5 Å². The van der Waals surface area contributed by atoms with E-state index in [1.807, 2.05) is 24.1 Å². The molecule has 1 aliphatic rings. The number of carbonyl (C=O) groups is 1. The molecular formula is C16H23BrN2O. The van der Waals surface area contributed by atoms with Crippen LogP contribution in [0, 0.1) is 11.3 Å². The topological polar surface area (TPSA) is 32.3 Å². The first kappa shape index (κ1) is 15.5. The highest BCUT2D eigenvalue weighted by Crippen LogP contribution is 2.36. The second kappa shape index (κ2) is 6.27. The molecule has 1 atom stereocenters. The summed E-state index contributed by atoms with van der Waals surface area (Å²) in [7, 11) is 1.91. The Bertz CT molecular complexity index is 481. The molecule has 0 spiro atoms. The molecular weight excluding hydrogens is 316 g/mol. The second-order valence-corrected chi connectivity index (χ2v) is 6.94. The number of carbonyl (C=O) groups excluding carboxylic acids is 1. The van der Waals surface area contributed by atoms with Crippen LogP contribution in [-0.4, -0.2) is 30.9 Å². The molecule has 1 aromatic rings. The molecule has 1 aromatic carbocycles. The molecule has 3 nitrogen and oxygen atoms in total. The van der Waals surface area contributed by atoms with Crippen molar-refractivity contribution in [3.63, 3.8) is 0 Å². The van der Waals surface area contributed by atoms with E-state index in [0.29, 0.717) is 12.5 Å². The summed E-state index contributed by atoms with van der Waals surface area (Å²) in [5, 5.41) is 3.35. The van der Waals surface area contributed by atoms with Gasteiger partial charge in [-0.05, 0) is 36.6 Å². The van der Waals surface area contributed by atoms with Gasteiger partial charge in [-0.15, -0.1) is 0 Å². The van der Waals surface area contributed by atoms with E-state index in [-0.39, 0.29) is 11.3 Å². The van der Waals surface area contributed by atoms with E-state index < -0.39 is 0 Å². The molecule has 0 bridgehead atoms. The van der Waals surface area contributed by atoms with Gasteiger partial charge in [0.2, 0.25) is 5.91 Å². The van der Waals surface area contributed by atoms with Crippen LogP contribution in [0.4, 0.5) is 0 Å². The first-order valence-corrected chi connectivity index (χ1v) is 7.96. The van der Waals surface area contributed by atoms with Gasteiger partial charge in [0, 0.05) is 24.6 Å². The average Bonchev–Trinajstić information content (AvgIpc) is 2.88. The molecule has 0 radical (unpaired) electrons. The average molecular weight is 339 g/mol. The van der Waals surface area contributed by atoms with Crippen LogP contribution in [0.15, 0.2) is 28.7 Å². The highest BCUT2D eigenvalue weighted by molar-refractivity contribution is 9.10. The lowest BCUT2D eigenvalue weighted by Gasteiger charge is -2.35. The zero-order chi connectivity index (χ0) is 14.8. The number of nitrogens with one attached hydrogen (secondary N) is 1. The van der Waals surface area contributed by atoms with E-state index in [1.165, 1.54) is 0 Å². The van der Waals surface area contributed by atoms with Crippen molar-refractivity contribution in [2.45, 2.75) is 26.8 Å². The van der Waals surface area contributed by atoms with E-state index in [4.69, 9.17) is 0 Å². The summed E-state index contributed by atoms with van der Waals surface area (Å²) in [6.45, 7) is 6.70. The minimum atomic E-state index is -0.235. The first-order valence-electron chi connectivity index (χ1n) is 7.16. The summed E-state index contributed by atoms with van der Waals surface area (Å²) < 4.78 is 1.05. The van der Waals surface area contributed by atoms with Crippen molar-refractivity contribution in [1.82, 2.24) is 10.2 Å². The molecule has 1 aliphatic heterocycles. The van der Waals surface area contributed by atoms with Crippen molar-refractivity contribution in [2.75, 3.05) is 20.1 Å². The summed E-state index contributed by atoms with van der Waals surface area (Å²) in [5.41, 5.74) is 0.918. The second-order valence-electron chi connectivity index (χ2n) is 6.03. The maximum absolute atomic E-state index is 12.9. The van der Waals surface area contributed by atoms with Crippen molar-refractivity contribution in [3.8, 4) is 0 Å². The number of benzene rings is 1. The van der Waals surface area contributed by atoms with Gasteiger partial charge in [-0.25, -0.2) is 0 Å². The molecule has 1 unspecified atom stereocenters. The van der Waals surface area contributed by atoms with Gasteiger partial charge in [0.25, 0.3) is 0 Å². The minimum absolute atomic E-state index is 0.235. The Balaban J connectivity index is 2.12. The molecule has 110 valence electrons. The lowest BCUT2D eigenvalue weighted by atomic mass is 9.75. The highest BCUT2D eigenvalue weighted by Gasteiger charge is 2.45. The Morgan fingerprint density at radius 1 is 1.50 bits per heavy atom. The molecule has 0 saturated carbocycles. The fourth-order valence-corrected chi connectivity index (χ4v) is 3.44. The van der Waals surface area contributed by atoms with Crippen LogP contribution < -0.4 is 5.32 Å². The van der Waals surface area contributed by atoms with Crippen molar-refractivity contribution in [2.24, 2.45) is 11.3 Å². The van der Waals surface area contributed by atoms with E-state index >= 15 is 0 Å². The van der Waals surface area contributed by atoms with Gasteiger partial charge in [-0.2, -0.15) is 0 Å². The summed E-state index contributed by atoms with van der Waals surface area (Å²) in [6.07, 6.45) is 0.937. The van der Waals surface area contributed by atoms with Crippen molar-refractivity contribution in [1.29, 1.82) is 0 Å². The van der Waals surface area contributed by atoms with E-state index in [2.05, 4.69) is 47.2 Å². The third-order valence-corrected chi connectivity index (χ3v) is 4.87. The SMILES string of the molecule is CC(C)C1(C(=O)N(C)Cc2cccc(Br)c2)CCNC1.